The Hall–Kier alpha value is -3.20. The van der Waals surface area contributed by atoms with Gasteiger partial charge >= 0.3 is 0 Å². The number of carbonyl (C=O) groups excluding carboxylic acids is 1. The molecule has 0 radical (unpaired) electrons. The summed E-state index contributed by atoms with van der Waals surface area (Å²) in [5.74, 6) is 2.39. The Kier molecular flexibility index (Phi) is 9.84. The first-order chi connectivity index (χ1) is 17.0. The summed E-state index contributed by atoms with van der Waals surface area (Å²) in [6.07, 6.45) is 4.46. The molecular weight excluding hydrogens is 466 g/mol. The van der Waals surface area contributed by atoms with Crippen LogP contribution in [-0.2, 0) is 17.9 Å². The number of ether oxygens (including phenoxy) is 4. The second-order valence-corrected chi connectivity index (χ2v) is 8.77. The Balaban J connectivity index is 1.64. The third kappa shape index (κ3) is 7.14. The van der Waals surface area contributed by atoms with Crippen molar-refractivity contribution in [3.05, 3.63) is 47.5 Å². The van der Waals surface area contributed by atoms with Crippen molar-refractivity contribution in [2.45, 2.75) is 44.8 Å². The molecular formula is C26H35N3O5S. The van der Waals surface area contributed by atoms with Crippen LogP contribution in [0.2, 0.25) is 0 Å². The van der Waals surface area contributed by atoms with Crippen molar-refractivity contribution < 1.29 is 23.7 Å². The number of amides is 1. The van der Waals surface area contributed by atoms with E-state index in [-0.39, 0.29) is 12.5 Å². The number of hydrogen-bond donors (Lipinski definition) is 2. The molecule has 1 amide bonds. The van der Waals surface area contributed by atoms with Gasteiger partial charge in [0.2, 0.25) is 11.7 Å². The zero-order valence-corrected chi connectivity index (χ0v) is 21.7. The number of thiocarbonyl (C=S) groups is 1. The van der Waals surface area contributed by atoms with Gasteiger partial charge in [-0.1, -0.05) is 25.0 Å². The van der Waals surface area contributed by atoms with Crippen molar-refractivity contribution in [3.8, 4) is 23.0 Å². The molecule has 8 nitrogen and oxygen atoms in total. The fourth-order valence-corrected chi connectivity index (χ4v) is 4.59. The minimum Gasteiger partial charge on any atom is -0.497 e. The van der Waals surface area contributed by atoms with E-state index in [0.29, 0.717) is 41.5 Å². The van der Waals surface area contributed by atoms with E-state index in [1.807, 2.05) is 36.4 Å². The highest BCUT2D eigenvalue weighted by atomic mass is 32.1. The number of nitrogens with one attached hydrogen (secondary N) is 2. The predicted molar refractivity (Wildman–Crippen MR) is 139 cm³/mol. The summed E-state index contributed by atoms with van der Waals surface area (Å²) in [7, 11) is 6.41. The molecule has 0 unspecified atom stereocenters. The first-order valence-corrected chi connectivity index (χ1v) is 12.1. The zero-order valence-electron chi connectivity index (χ0n) is 20.9. The average molecular weight is 502 g/mol. The molecule has 1 aliphatic carbocycles. The molecule has 2 aromatic rings. The van der Waals surface area contributed by atoms with Gasteiger partial charge in [-0.2, -0.15) is 0 Å². The highest BCUT2D eigenvalue weighted by Crippen LogP contribution is 2.39. The van der Waals surface area contributed by atoms with E-state index in [1.54, 1.807) is 28.4 Å². The average Bonchev–Trinajstić information content (AvgIpc) is 3.43. The number of methoxy groups -OCH3 is 4. The Labute approximate surface area is 212 Å². The molecule has 0 aliphatic heterocycles. The van der Waals surface area contributed by atoms with Gasteiger partial charge in [0.15, 0.2) is 16.6 Å². The van der Waals surface area contributed by atoms with Crippen LogP contribution in [0.3, 0.4) is 0 Å². The van der Waals surface area contributed by atoms with E-state index >= 15 is 0 Å². The molecule has 0 spiro atoms. The Morgan fingerprint density at radius 3 is 2.23 bits per heavy atom. The molecule has 35 heavy (non-hydrogen) atoms. The van der Waals surface area contributed by atoms with Gasteiger partial charge in [-0.05, 0) is 60.5 Å². The van der Waals surface area contributed by atoms with Crippen LogP contribution < -0.4 is 29.6 Å². The maximum Gasteiger partial charge on any atom is 0.239 e. The van der Waals surface area contributed by atoms with Crippen molar-refractivity contribution >= 4 is 23.2 Å². The van der Waals surface area contributed by atoms with Gasteiger partial charge in [-0.3, -0.25) is 4.79 Å². The highest BCUT2D eigenvalue weighted by molar-refractivity contribution is 7.80. The number of rotatable bonds is 11. The molecule has 0 aromatic heterocycles. The molecule has 0 bridgehead atoms. The lowest BCUT2D eigenvalue weighted by molar-refractivity contribution is -0.120. The van der Waals surface area contributed by atoms with Crippen LogP contribution in [0, 0.1) is 0 Å². The minimum atomic E-state index is -0.130. The lowest BCUT2D eigenvalue weighted by atomic mass is 10.1. The van der Waals surface area contributed by atoms with Crippen LogP contribution in [0.1, 0.15) is 36.8 Å². The predicted octanol–water partition coefficient (Wildman–Crippen LogP) is 3.66. The van der Waals surface area contributed by atoms with E-state index in [4.69, 9.17) is 31.2 Å². The molecule has 3 rings (SSSR count). The fourth-order valence-electron chi connectivity index (χ4n) is 4.31. The number of benzene rings is 2. The summed E-state index contributed by atoms with van der Waals surface area (Å²) < 4.78 is 21.7. The van der Waals surface area contributed by atoms with Crippen molar-refractivity contribution in [1.29, 1.82) is 0 Å². The quantitative estimate of drug-likeness (QED) is 0.452. The molecule has 1 saturated carbocycles. The van der Waals surface area contributed by atoms with Gasteiger partial charge in [0, 0.05) is 19.1 Å². The van der Waals surface area contributed by atoms with Crippen molar-refractivity contribution in [2.24, 2.45) is 0 Å². The first kappa shape index (κ1) is 26.4. The normalized spacial score (nSPS) is 13.1. The standard InChI is InChI=1S/C26H35N3O5S/c1-31-21-11-7-8-18(12-21)15-27-24(30)16-28-26(35)29(20-9-5-6-10-20)17-19-13-22(32-2)25(34-4)23(14-19)33-3/h7-8,11-14,20H,5-6,9-10,15-17H2,1-4H3,(H,27,30)(H,28,35). The van der Waals surface area contributed by atoms with Crippen molar-refractivity contribution in [2.75, 3.05) is 35.0 Å². The third-order valence-corrected chi connectivity index (χ3v) is 6.51. The second-order valence-electron chi connectivity index (χ2n) is 8.39. The van der Waals surface area contributed by atoms with Gasteiger partial charge in [0.25, 0.3) is 0 Å². The second kappa shape index (κ2) is 13.0. The monoisotopic (exact) mass is 501 g/mol. The van der Waals surface area contributed by atoms with Gasteiger partial charge in [0.1, 0.15) is 5.75 Å². The Bertz CT molecular complexity index is 985. The van der Waals surface area contributed by atoms with Gasteiger partial charge in [0.05, 0.1) is 35.0 Å². The van der Waals surface area contributed by atoms with Crippen molar-refractivity contribution in [1.82, 2.24) is 15.5 Å². The van der Waals surface area contributed by atoms with Crippen LogP contribution in [0.25, 0.3) is 0 Å². The maximum atomic E-state index is 12.5. The maximum absolute atomic E-state index is 12.5. The first-order valence-electron chi connectivity index (χ1n) is 11.7. The van der Waals surface area contributed by atoms with Crippen LogP contribution in [-0.4, -0.2) is 56.9 Å². The summed E-state index contributed by atoms with van der Waals surface area (Å²) >= 11 is 5.74. The third-order valence-electron chi connectivity index (χ3n) is 6.13. The molecule has 9 heteroatoms. The van der Waals surface area contributed by atoms with Crippen LogP contribution in [0.5, 0.6) is 23.0 Å². The number of carbonyl (C=O) groups is 1. The Morgan fingerprint density at radius 1 is 0.943 bits per heavy atom. The largest absolute Gasteiger partial charge is 0.497 e. The van der Waals surface area contributed by atoms with E-state index in [2.05, 4.69) is 15.5 Å². The van der Waals surface area contributed by atoms with Gasteiger partial charge < -0.3 is 34.5 Å². The molecule has 2 aromatic carbocycles. The summed E-state index contributed by atoms with van der Waals surface area (Å²) in [5, 5.41) is 6.63. The SMILES string of the molecule is COc1cccc(CNC(=O)CNC(=S)N(Cc2cc(OC)c(OC)c(OC)c2)C2CCCC2)c1. The van der Waals surface area contributed by atoms with Crippen LogP contribution in [0.15, 0.2) is 36.4 Å². The topological polar surface area (TPSA) is 81.3 Å². The van der Waals surface area contributed by atoms with Gasteiger partial charge in [-0.25, -0.2) is 0 Å². The van der Waals surface area contributed by atoms with E-state index in [1.165, 1.54) is 12.8 Å². The van der Waals surface area contributed by atoms with E-state index in [9.17, 15) is 4.79 Å². The smallest absolute Gasteiger partial charge is 0.239 e. The molecule has 0 atom stereocenters. The molecule has 1 fully saturated rings. The zero-order chi connectivity index (χ0) is 25.2. The molecule has 2 N–H and O–H groups in total. The van der Waals surface area contributed by atoms with Crippen LogP contribution in [0.4, 0.5) is 0 Å². The van der Waals surface area contributed by atoms with Crippen LogP contribution >= 0.6 is 12.2 Å². The van der Waals surface area contributed by atoms with Gasteiger partial charge in [-0.15, -0.1) is 0 Å². The van der Waals surface area contributed by atoms with Crippen molar-refractivity contribution in [3.63, 3.8) is 0 Å². The molecule has 1 aliphatic rings. The Morgan fingerprint density at radius 2 is 1.63 bits per heavy atom. The summed E-state index contributed by atoms with van der Waals surface area (Å²) in [6.45, 7) is 1.09. The number of hydrogen-bond acceptors (Lipinski definition) is 6. The molecule has 0 saturated heterocycles. The summed E-state index contributed by atoms with van der Waals surface area (Å²) in [5.41, 5.74) is 1.95. The number of nitrogens with zero attached hydrogens (tertiary/aromatic N) is 1. The molecule has 0 heterocycles. The van der Waals surface area contributed by atoms with E-state index in [0.717, 1.165) is 29.7 Å². The highest BCUT2D eigenvalue weighted by Gasteiger charge is 2.26. The van der Waals surface area contributed by atoms with E-state index < -0.39 is 0 Å². The lowest BCUT2D eigenvalue weighted by Crippen LogP contribution is -2.47. The summed E-state index contributed by atoms with van der Waals surface area (Å²) in [6, 6.07) is 11.8. The lowest BCUT2D eigenvalue weighted by Gasteiger charge is -2.32. The summed E-state index contributed by atoms with van der Waals surface area (Å²) in [4.78, 5) is 14.7. The fraction of sp³-hybridized carbons (Fsp3) is 0.462. The molecule has 190 valence electrons. The minimum absolute atomic E-state index is 0.0985.